The molecule has 0 bridgehead atoms. The minimum absolute atomic E-state index is 0.375. The number of rotatable bonds is 2. The molecule has 0 aromatic carbocycles. The highest BCUT2D eigenvalue weighted by atomic mass is 16.6. The van der Waals surface area contributed by atoms with Crippen molar-refractivity contribution in [2.75, 3.05) is 26.4 Å². The van der Waals surface area contributed by atoms with Crippen molar-refractivity contribution in [3.63, 3.8) is 0 Å². The van der Waals surface area contributed by atoms with Gasteiger partial charge in [0.1, 0.15) is 0 Å². The molecule has 13 heavy (non-hydrogen) atoms. The summed E-state index contributed by atoms with van der Waals surface area (Å²) in [5.41, 5.74) is 0. The molecule has 0 aliphatic carbocycles. The quantitative estimate of drug-likeness (QED) is 0.665. The largest absolute Gasteiger partial charge is 0.377 e. The third-order valence-corrected chi connectivity index (χ3v) is 1.29. The average Bonchev–Trinajstić information content (AvgIpc) is 2.06. The van der Waals surface area contributed by atoms with E-state index in [0.29, 0.717) is 12.2 Å². The van der Waals surface area contributed by atoms with E-state index in [9.17, 15) is 0 Å². The summed E-state index contributed by atoms with van der Waals surface area (Å²) in [6, 6.07) is 0. The van der Waals surface area contributed by atoms with Gasteiger partial charge in [-0.05, 0) is 27.7 Å². The van der Waals surface area contributed by atoms with Gasteiger partial charge in [-0.1, -0.05) is 0 Å². The van der Waals surface area contributed by atoms with Gasteiger partial charge in [0.05, 0.1) is 38.6 Å². The van der Waals surface area contributed by atoms with Crippen molar-refractivity contribution in [1.82, 2.24) is 0 Å². The van der Waals surface area contributed by atoms with Crippen LogP contribution in [0, 0.1) is 0 Å². The molecule has 1 aliphatic heterocycles. The van der Waals surface area contributed by atoms with Crippen LogP contribution in [0.15, 0.2) is 0 Å². The van der Waals surface area contributed by atoms with E-state index in [-0.39, 0.29) is 0 Å². The first kappa shape index (κ1) is 12.9. The Morgan fingerprint density at radius 1 is 0.769 bits per heavy atom. The Balaban J connectivity index is 0.000000223. The monoisotopic (exact) mass is 190 g/mol. The molecule has 0 unspecified atom stereocenters. The first-order valence-electron chi connectivity index (χ1n) is 4.94. The SMILES string of the molecule is C1COCCO1.CC(C)OC(C)C. The Kier molecular flexibility index (Phi) is 8.40. The summed E-state index contributed by atoms with van der Waals surface area (Å²) in [5.74, 6) is 0. The summed E-state index contributed by atoms with van der Waals surface area (Å²) in [6.45, 7) is 11.3. The normalized spacial score (nSPS) is 17.1. The highest BCUT2D eigenvalue weighted by Crippen LogP contribution is 1.93. The first-order valence-corrected chi connectivity index (χ1v) is 4.94. The maximum absolute atomic E-state index is 5.25. The molecular weight excluding hydrogens is 168 g/mol. The molecule has 3 heteroatoms. The van der Waals surface area contributed by atoms with Gasteiger partial charge in [0.2, 0.25) is 0 Å². The lowest BCUT2D eigenvalue weighted by Gasteiger charge is -2.09. The van der Waals surface area contributed by atoms with Crippen molar-refractivity contribution in [3.8, 4) is 0 Å². The molecule has 0 aromatic heterocycles. The highest BCUT2D eigenvalue weighted by Gasteiger charge is 1.94. The zero-order valence-corrected chi connectivity index (χ0v) is 9.21. The summed E-state index contributed by atoms with van der Waals surface area (Å²) in [7, 11) is 0. The molecule has 1 fully saturated rings. The maximum Gasteiger partial charge on any atom is 0.0701 e. The van der Waals surface area contributed by atoms with Crippen LogP contribution in [0.1, 0.15) is 27.7 Å². The summed E-state index contributed by atoms with van der Waals surface area (Å²) in [6.07, 6.45) is 0.750. The van der Waals surface area contributed by atoms with Crippen LogP contribution in [0.3, 0.4) is 0 Å². The standard InChI is InChI=1S/C6H14O.C4H8O2/c1-5(2)7-6(3)4;1-2-6-4-3-5-1/h5-6H,1-4H3;1-4H2. The summed E-state index contributed by atoms with van der Waals surface area (Å²) in [4.78, 5) is 0. The first-order chi connectivity index (χ1) is 6.13. The fourth-order valence-corrected chi connectivity index (χ4v) is 0.984. The van der Waals surface area contributed by atoms with E-state index in [0.717, 1.165) is 26.4 Å². The van der Waals surface area contributed by atoms with E-state index >= 15 is 0 Å². The van der Waals surface area contributed by atoms with Crippen molar-refractivity contribution in [1.29, 1.82) is 0 Å². The zero-order chi connectivity index (χ0) is 10.1. The zero-order valence-electron chi connectivity index (χ0n) is 9.21. The maximum atomic E-state index is 5.25. The predicted octanol–water partition coefficient (Wildman–Crippen LogP) is 1.85. The molecule has 0 N–H and O–H groups in total. The van der Waals surface area contributed by atoms with Gasteiger partial charge < -0.3 is 14.2 Å². The Labute approximate surface area is 81.4 Å². The van der Waals surface area contributed by atoms with Gasteiger partial charge in [-0.3, -0.25) is 0 Å². The molecule has 0 amide bonds. The van der Waals surface area contributed by atoms with E-state index in [4.69, 9.17) is 14.2 Å². The molecule has 3 nitrogen and oxygen atoms in total. The van der Waals surface area contributed by atoms with Gasteiger partial charge in [0.25, 0.3) is 0 Å². The minimum atomic E-state index is 0.375. The molecule has 1 rings (SSSR count). The van der Waals surface area contributed by atoms with E-state index < -0.39 is 0 Å². The van der Waals surface area contributed by atoms with Crippen LogP contribution >= 0.6 is 0 Å². The van der Waals surface area contributed by atoms with Gasteiger partial charge in [0.15, 0.2) is 0 Å². The van der Waals surface area contributed by atoms with Crippen LogP contribution in [0.5, 0.6) is 0 Å². The molecule has 80 valence electrons. The molecule has 1 saturated heterocycles. The van der Waals surface area contributed by atoms with Crippen LogP contribution in [-0.2, 0) is 14.2 Å². The minimum Gasteiger partial charge on any atom is -0.377 e. The lowest BCUT2D eigenvalue weighted by atomic mass is 10.4. The lowest BCUT2D eigenvalue weighted by Crippen LogP contribution is -2.16. The van der Waals surface area contributed by atoms with Crippen LogP contribution in [0.2, 0.25) is 0 Å². The predicted molar refractivity (Wildman–Crippen MR) is 53.0 cm³/mol. The molecule has 0 radical (unpaired) electrons. The second kappa shape index (κ2) is 8.48. The molecule has 0 aromatic rings. The van der Waals surface area contributed by atoms with Gasteiger partial charge >= 0.3 is 0 Å². The smallest absolute Gasteiger partial charge is 0.0701 e. The Morgan fingerprint density at radius 2 is 1.08 bits per heavy atom. The summed E-state index contributed by atoms with van der Waals surface area (Å²) >= 11 is 0. The second-order valence-electron chi connectivity index (χ2n) is 3.46. The number of hydrogen-bond donors (Lipinski definition) is 0. The summed E-state index contributed by atoms with van der Waals surface area (Å²) in [5, 5.41) is 0. The fourth-order valence-electron chi connectivity index (χ4n) is 0.984. The van der Waals surface area contributed by atoms with E-state index in [1.54, 1.807) is 0 Å². The van der Waals surface area contributed by atoms with Crippen LogP contribution in [-0.4, -0.2) is 38.6 Å². The Morgan fingerprint density at radius 3 is 1.15 bits per heavy atom. The van der Waals surface area contributed by atoms with Gasteiger partial charge in [-0.15, -0.1) is 0 Å². The molecule has 1 heterocycles. The third-order valence-electron chi connectivity index (χ3n) is 1.29. The van der Waals surface area contributed by atoms with Gasteiger partial charge in [0, 0.05) is 0 Å². The molecule has 0 spiro atoms. The van der Waals surface area contributed by atoms with E-state index in [2.05, 4.69) is 0 Å². The van der Waals surface area contributed by atoms with Crippen molar-refractivity contribution in [3.05, 3.63) is 0 Å². The van der Waals surface area contributed by atoms with Gasteiger partial charge in [-0.25, -0.2) is 0 Å². The van der Waals surface area contributed by atoms with Crippen LogP contribution in [0.25, 0.3) is 0 Å². The Hall–Kier alpha value is -0.120. The fraction of sp³-hybridized carbons (Fsp3) is 1.00. The van der Waals surface area contributed by atoms with Crippen molar-refractivity contribution >= 4 is 0 Å². The van der Waals surface area contributed by atoms with Crippen molar-refractivity contribution in [2.45, 2.75) is 39.9 Å². The second-order valence-corrected chi connectivity index (χ2v) is 3.46. The average molecular weight is 190 g/mol. The molecule has 1 aliphatic rings. The van der Waals surface area contributed by atoms with E-state index in [1.807, 2.05) is 27.7 Å². The molecule has 0 atom stereocenters. The lowest BCUT2D eigenvalue weighted by molar-refractivity contribution is -0.0334. The van der Waals surface area contributed by atoms with Crippen LogP contribution in [0.4, 0.5) is 0 Å². The van der Waals surface area contributed by atoms with Crippen molar-refractivity contribution in [2.24, 2.45) is 0 Å². The summed E-state index contributed by atoms with van der Waals surface area (Å²) < 4.78 is 15.1. The van der Waals surface area contributed by atoms with E-state index in [1.165, 1.54) is 0 Å². The highest BCUT2D eigenvalue weighted by molar-refractivity contribution is 4.40. The topological polar surface area (TPSA) is 27.7 Å². The molecule has 0 saturated carbocycles. The van der Waals surface area contributed by atoms with Gasteiger partial charge in [-0.2, -0.15) is 0 Å². The molecular formula is C10H22O3. The third kappa shape index (κ3) is 11.9. The van der Waals surface area contributed by atoms with Crippen LogP contribution < -0.4 is 0 Å². The van der Waals surface area contributed by atoms with Crippen molar-refractivity contribution < 1.29 is 14.2 Å². The number of ether oxygens (including phenoxy) is 3. The number of hydrogen-bond acceptors (Lipinski definition) is 3. The Bertz CT molecular complexity index is 80.8.